The molecule has 1 aromatic rings. The molecule has 0 aliphatic carbocycles. The van der Waals surface area contributed by atoms with Crippen molar-refractivity contribution in [1.82, 2.24) is 19.6 Å². The molecule has 0 N–H and O–H groups in total. The standard InChI is InChI=1S/C25H36N4O5/c1-26(17-20-7-3-2-4-8-20)25(32)34-22-10-6-11-28(24(22)31)19-23(30)29-12-5-9-21(29)18-27-13-15-33-16-14-27/h2-4,7-8,21-22H,5-6,9-19H2,1H3/t21-,22+/m0/s1. The average molecular weight is 473 g/mol. The number of rotatable bonds is 7. The first kappa shape index (κ1) is 24.5. The van der Waals surface area contributed by atoms with Crippen LogP contribution in [0.2, 0.25) is 0 Å². The third kappa shape index (κ3) is 6.27. The molecule has 0 radical (unpaired) electrons. The lowest BCUT2D eigenvalue weighted by Gasteiger charge is -2.35. The Bertz CT molecular complexity index is 845. The fraction of sp³-hybridized carbons (Fsp3) is 0.640. The van der Waals surface area contributed by atoms with Crippen LogP contribution >= 0.6 is 0 Å². The van der Waals surface area contributed by atoms with E-state index in [0.29, 0.717) is 25.9 Å². The maximum Gasteiger partial charge on any atom is 0.410 e. The smallest absolute Gasteiger partial charge is 0.410 e. The molecule has 0 unspecified atom stereocenters. The van der Waals surface area contributed by atoms with Gasteiger partial charge in [-0.2, -0.15) is 0 Å². The molecule has 0 bridgehead atoms. The highest BCUT2D eigenvalue weighted by Gasteiger charge is 2.36. The molecule has 3 fully saturated rings. The van der Waals surface area contributed by atoms with Gasteiger partial charge in [0.15, 0.2) is 6.10 Å². The van der Waals surface area contributed by atoms with E-state index in [-0.39, 0.29) is 24.4 Å². The maximum absolute atomic E-state index is 13.1. The molecule has 4 rings (SSSR count). The highest BCUT2D eigenvalue weighted by atomic mass is 16.6. The van der Waals surface area contributed by atoms with Gasteiger partial charge in [-0.05, 0) is 31.2 Å². The third-order valence-corrected chi connectivity index (χ3v) is 6.90. The van der Waals surface area contributed by atoms with Crippen molar-refractivity contribution in [3.63, 3.8) is 0 Å². The predicted octanol–water partition coefficient (Wildman–Crippen LogP) is 1.57. The van der Waals surface area contributed by atoms with Crippen LogP contribution in [0.1, 0.15) is 31.2 Å². The normalized spacial score (nSPS) is 23.7. The fourth-order valence-corrected chi connectivity index (χ4v) is 4.99. The SMILES string of the molecule is CN(Cc1ccccc1)C(=O)O[C@@H]1CCCN(CC(=O)N2CCC[C@H]2CN2CCOCC2)C1=O. The van der Waals surface area contributed by atoms with Crippen LogP contribution < -0.4 is 0 Å². The summed E-state index contributed by atoms with van der Waals surface area (Å²) in [4.78, 5) is 46.0. The lowest BCUT2D eigenvalue weighted by Crippen LogP contribution is -2.53. The van der Waals surface area contributed by atoms with E-state index < -0.39 is 12.2 Å². The van der Waals surface area contributed by atoms with Crippen molar-refractivity contribution in [1.29, 1.82) is 0 Å². The van der Waals surface area contributed by atoms with Gasteiger partial charge in [0.05, 0.1) is 19.8 Å². The number of amides is 3. The number of hydrogen-bond acceptors (Lipinski definition) is 6. The molecule has 3 heterocycles. The van der Waals surface area contributed by atoms with Crippen molar-refractivity contribution in [2.45, 2.75) is 44.4 Å². The Balaban J connectivity index is 1.28. The Morgan fingerprint density at radius 1 is 1.06 bits per heavy atom. The molecule has 3 saturated heterocycles. The molecule has 9 heteroatoms. The summed E-state index contributed by atoms with van der Waals surface area (Å²) in [5, 5.41) is 0. The minimum atomic E-state index is -0.838. The van der Waals surface area contributed by atoms with E-state index in [2.05, 4.69) is 4.90 Å². The molecule has 2 atom stereocenters. The van der Waals surface area contributed by atoms with E-state index in [1.54, 1.807) is 11.9 Å². The van der Waals surface area contributed by atoms with Gasteiger partial charge >= 0.3 is 6.09 Å². The number of carbonyl (C=O) groups excluding carboxylic acids is 3. The quantitative estimate of drug-likeness (QED) is 0.599. The summed E-state index contributed by atoms with van der Waals surface area (Å²) in [6.07, 6.45) is 1.80. The minimum absolute atomic E-state index is 0.0164. The Kier molecular flexibility index (Phi) is 8.39. The third-order valence-electron chi connectivity index (χ3n) is 6.90. The van der Waals surface area contributed by atoms with Crippen molar-refractivity contribution in [2.75, 3.05) is 59.5 Å². The summed E-state index contributed by atoms with van der Waals surface area (Å²) < 4.78 is 11.0. The van der Waals surface area contributed by atoms with Crippen LogP contribution in [-0.4, -0.2) is 109 Å². The first-order valence-electron chi connectivity index (χ1n) is 12.4. The van der Waals surface area contributed by atoms with Gasteiger partial charge in [0.2, 0.25) is 5.91 Å². The topological polar surface area (TPSA) is 82.6 Å². The number of piperidine rings is 1. The second kappa shape index (κ2) is 11.7. The Morgan fingerprint density at radius 3 is 2.56 bits per heavy atom. The summed E-state index contributed by atoms with van der Waals surface area (Å²) in [6, 6.07) is 9.82. The molecule has 34 heavy (non-hydrogen) atoms. The van der Waals surface area contributed by atoms with E-state index in [4.69, 9.17) is 9.47 Å². The summed E-state index contributed by atoms with van der Waals surface area (Å²) in [5.74, 6) is -0.290. The zero-order chi connectivity index (χ0) is 23.9. The van der Waals surface area contributed by atoms with Crippen molar-refractivity contribution in [3.05, 3.63) is 35.9 Å². The second-order valence-electron chi connectivity index (χ2n) is 9.41. The van der Waals surface area contributed by atoms with Gasteiger partial charge in [0.1, 0.15) is 0 Å². The van der Waals surface area contributed by atoms with Crippen LogP contribution in [0.5, 0.6) is 0 Å². The van der Waals surface area contributed by atoms with Crippen molar-refractivity contribution in [3.8, 4) is 0 Å². The zero-order valence-electron chi connectivity index (χ0n) is 20.1. The van der Waals surface area contributed by atoms with Crippen LogP contribution in [0.4, 0.5) is 4.79 Å². The van der Waals surface area contributed by atoms with Crippen LogP contribution in [0.25, 0.3) is 0 Å². The van der Waals surface area contributed by atoms with Crippen molar-refractivity contribution >= 4 is 17.9 Å². The minimum Gasteiger partial charge on any atom is -0.436 e. The van der Waals surface area contributed by atoms with Gasteiger partial charge in [0, 0.05) is 52.4 Å². The summed E-state index contributed by atoms with van der Waals surface area (Å²) in [7, 11) is 1.66. The first-order chi connectivity index (χ1) is 16.5. The van der Waals surface area contributed by atoms with Gasteiger partial charge < -0.3 is 24.2 Å². The van der Waals surface area contributed by atoms with E-state index in [1.807, 2.05) is 35.2 Å². The molecule has 0 aromatic heterocycles. The van der Waals surface area contributed by atoms with Crippen molar-refractivity contribution < 1.29 is 23.9 Å². The zero-order valence-corrected chi connectivity index (χ0v) is 20.1. The van der Waals surface area contributed by atoms with E-state index in [1.165, 1.54) is 4.90 Å². The number of benzene rings is 1. The molecular weight excluding hydrogens is 436 g/mol. The van der Waals surface area contributed by atoms with E-state index >= 15 is 0 Å². The van der Waals surface area contributed by atoms with E-state index in [0.717, 1.165) is 57.8 Å². The number of morpholine rings is 1. The maximum atomic E-state index is 13.1. The summed E-state index contributed by atoms with van der Waals surface area (Å²) in [5.41, 5.74) is 0.987. The molecule has 3 aliphatic rings. The number of nitrogens with zero attached hydrogens (tertiary/aromatic N) is 4. The van der Waals surface area contributed by atoms with Crippen LogP contribution in [0.15, 0.2) is 30.3 Å². The highest BCUT2D eigenvalue weighted by molar-refractivity contribution is 5.89. The fourth-order valence-electron chi connectivity index (χ4n) is 4.99. The number of carbonyl (C=O) groups is 3. The molecular formula is C25H36N4O5. The van der Waals surface area contributed by atoms with Gasteiger partial charge in [0.25, 0.3) is 5.91 Å². The van der Waals surface area contributed by atoms with Crippen molar-refractivity contribution in [2.24, 2.45) is 0 Å². The molecule has 186 valence electrons. The Labute approximate surface area is 201 Å². The summed E-state index contributed by atoms with van der Waals surface area (Å²) in [6.45, 7) is 5.83. The molecule has 0 spiro atoms. The molecule has 3 amide bonds. The predicted molar refractivity (Wildman–Crippen MR) is 126 cm³/mol. The number of likely N-dealkylation sites (tertiary alicyclic amines) is 2. The largest absolute Gasteiger partial charge is 0.436 e. The van der Waals surface area contributed by atoms with Crippen LogP contribution in [0, 0.1) is 0 Å². The number of ether oxygens (including phenoxy) is 2. The molecule has 1 aromatic carbocycles. The average Bonchev–Trinajstić information content (AvgIpc) is 3.31. The molecule has 0 saturated carbocycles. The Hall–Kier alpha value is -2.65. The second-order valence-corrected chi connectivity index (χ2v) is 9.41. The first-order valence-corrected chi connectivity index (χ1v) is 12.4. The van der Waals surface area contributed by atoms with E-state index in [9.17, 15) is 14.4 Å². The van der Waals surface area contributed by atoms with Crippen LogP contribution in [0.3, 0.4) is 0 Å². The van der Waals surface area contributed by atoms with Crippen LogP contribution in [-0.2, 0) is 25.6 Å². The molecule has 3 aliphatic heterocycles. The monoisotopic (exact) mass is 472 g/mol. The van der Waals surface area contributed by atoms with Gasteiger partial charge in [-0.15, -0.1) is 0 Å². The lowest BCUT2D eigenvalue weighted by molar-refractivity contribution is -0.149. The number of hydrogen-bond donors (Lipinski definition) is 0. The molecule has 9 nitrogen and oxygen atoms in total. The van der Waals surface area contributed by atoms with Gasteiger partial charge in [-0.25, -0.2) is 4.79 Å². The lowest BCUT2D eigenvalue weighted by atomic mass is 10.1. The Morgan fingerprint density at radius 2 is 1.79 bits per heavy atom. The summed E-state index contributed by atoms with van der Waals surface area (Å²) >= 11 is 0. The highest BCUT2D eigenvalue weighted by Crippen LogP contribution is 2.21. The van der Waals surface area contributed by atoms with Gasteiger partial charge in [-0.3, -0.25) is 14.5 Å². The van der Waals surface area contributed by atoms with Gasteiger partial charge in [-0.1, -0.05) is 30.3 Å².